The van der Waals surface area contributed by atoms with Crippen molar-refractivity contribution in [3.05, 3.63) is 65.3 Å². The molecule has 0 fully saturated rings. The van der Waals surface area contributed by atoms with Gasteiger partial charge in [-0.1, -0.05) is 36.4 Å². The molecule has 0 bridgehead atoms. The van der Waals surface area contributed by atoms with Gasteiger partial charge in [-0.25, -0.2) is 4.98 Å². The van der Waals surface area contributed by atoms with Crippen molar-refractivity contribution in [2.45, 2.75) is 6.54 Å². The Morgan fingerprint density at radius 1 is 1.12 bits per heavy atom. The Labute approximate surface area is 142 Å². The van der Waals surface area contributed by atoms with E-state index in [2.05, 4.69) is 10.3 Å². The second-order valence-corrected chi connectivity index (χ2v) is 6.12. The van der Waals surface area contributed by atoms with E-state index in [1.807, 2.05) is 48.5 Å². The number of hydrogen-bond acceptors (Lipinski definition) is 5. The molecular weight excluding hydrogens is 324 g/mol. The fraction of sp³-hybridized carbons (Fsp3) is 0.111. The number of aromatic nitrogens is 1. The Hall–Kier alpha value is -2.86. The van der Waals surface area contributed by atoms with Crippen molar-refractivity contribution in [3.63, 3.8) is 0 Å². The fourth-order valence-electron chi connectivity index (χ4n) is 2.52. The Morgan fingerprint density at radius 2 is 1.96 bits per heavy atom. The summed E-state index contributed by atoms with van der Waals surface area (Å²) in [7, 11) is 0. The number of amides is 1. The predicted molar refractivity (Wildman–Crippen MR) is 91.3 cm³/mol. The molecule has 1 amide bonds. The van der Waals surface area contributed by atoms with Crippen LogP contribution in [0.2, 0.25) is 0 Å². The lowest BCUT2D eigenvalue weighted by atomic mass is 10.1. The molecule has 1 N–H and O–H groups in total. The number of fused-ring (bicyclic) bond motifs is 1. The third-order valence-electron chi connectivity index (χ3n) is 3.71. The number of carbonyl (C=O) groups is 1. The van der Waals surface area contributed by atoms with E-state index in [0.717, 1.165) is 21.8 Å². The summed E-state index contributed by atoms with van der Waals surface area (Å²) in [6.45, 7) is 0.644. The number of benzene rings is 2. The minimum Gasteiger partial charge on any atom is -0.454 e. The molecule has 5 nitrogen and oxygen atoms in total. The van der Waals surface area contributed by atoms with Crippen LogP contribution in [-0.2, 0) is 6.54 Å². The lowest BCUT2D eigenvalue weighted by molar-refractivity contribution is 0.0947. The van der Waals surface area contributed by atoms with Crippen molar-refractivity contribution in [3.8, 4) is 21.9 Å². The average Bonchev–Trinajstić information content (AvgIpc) is 3.29. The Bertz CT molecular complexity index is 877. The van der Waals surface area contributed by atoms with Crippen LogP contribution in [0.3, 0.4) is 0 Å². The van der Waals surface area contributed by atoms with Crippen LogP contribution in [-0.4, -0.2) is 17.7 Å². The van der Waals surface area contributed by atoms with Crippen molar-refractivity contribution in [1.29, 1.82) is 0 Å². The number of thiazole rings is 1. The molecule has 0 radical (unpaired) electrons. The molecule has 120 valence electrons. The lowest BCUT2D eigenvalue weighted by Crippen LogP contribution is -2.23. The monoisotopic (exact) mass is 338 g/mol. The largest absolute Gasteiger partial charge is 0.454 e. The Balaban J connectivity index is 1.49. The van der Waals surface area contributed by atoms with Gasteiger partial charge in [0.2, 0.25) is 6.79 Å². The van der Waals surface area contributed by atoms with Gasteiger partial charge in [-0.05, 0) is 23.3 Å². The van der Waals surface area contributed by atoms with Gasteiger partial charge in [0.15, 0.2) is 11.5 Å². The highest BCUT2D eigenvalue weighted by Gasteiger charge is 2.17. The normalized spacial score (nSPS) is 12.2. The van der Waals surface area contributed by atoms with Crippen LogP contribution in [0.4, 0.5) is 0 Å². The first-order chi connectivity index (χ1) is 11.8. The molecule has 6 heteroatoms. The number of hydrogen-bond donors (Lipinski definition) is 1. The van der Waals surface area contributed by atoms with E-state index < -0.39 is 0 Å². The SMILES string of the molecule is O=C(NCc1ccc2c(c1)OCO2)c1ncsc1-c1ccccc1. The van der Waals surface area contributed by atoms with Crippen molar-refractivity contribution in [1.82, 2.24) is 10.3 Å². The van der Waals surface area contributed by atoms with Gasteiger partial charge in [0.1, 0.15) is 5.69 Å². The van der Waals surface area contributed by atoms with Gasteiger partial charge in [-0.2, -0.15) is 0 Å². The van der Waals surface area contributed by atoms with Crippen molar-refractivity contribution in [2.75, 3.05) is 6.79 Å². The highest BCUT2D eigenvalue weighted by Crippen LogP contribution is 2.32. The molecule has 3 aromatic rings. The van der Waals surface area contributed by atoms with Gasteiger partial charge in [-0.15, -0.1) is 11.3 Å². The maximum Gasteiger partial charge on any atom is 0.271 e. The highest BCUT2D eigenvalue weighted by atomic mass is 32.1. The second kappa shape index (κ2) is 6.33. The summed E-state index contributed by atoms with van der Waals surface area (Å²) in [6, 6.07) is 15.4. The van der Waals surface area contributed by atoms with E-state index in [4.69, 9.17) is 9.47 Å². The number of ether oxygens (including phenoxy) is 2. The van der Waals surface area contributed by atoms with Crippen LogP contribution in [0.1, 0.15) is 16.1 Å². The zero-order chi connectivity index (χ0) is 16.4. The fourth-order valence-corrected chi connectivity index (χ4v) is 3.31. The lowest BCUT2D eigenvalue weighted by Gasteiger charge is -2.06. The van der Waals surface area contributed by atoms with Crippen LogP contribution in [0, 0.1) is 0 Å². The van der Waals surface area contributed by atoms with Crippen molar-refractivity contribution < 1.29 is 14.3 Å². The molecule has 1 aliphatic heterocycles. The average molecular weight is 338 g/mol. The first-order valence-electron chi connectivity index (χ1n) is 7.47. The molecule has 2 heterocycles. The second-order valence-electron chi connectivity index (χ2n) is 5.27. The van der Waals surface area contributed by atoms with Gasteiger partial charge in [0.25, 0.3) is 5.91 Å². The summed E-state index contributed by atoms with van der Waals surface area (Å²) in [6.07, 6.45) is 0. The van der Waals surface area contributed by atoms with Crippen molar-refractivity contribution >= 4 is 17.2 Å². The summed E-state index contributed by atoms with van der Waals surface area (Å²) in [5, 5.41) is 2.91. The molecule has 1 aromatic heterocycles. The molecule has 1 aliphatic rings. The van der Waals surface area contributed by atoms with Gasteiger partial charge in [0, 0.05) is 6.54 Å². The predicted octanol–water partition coefficient (Wildman–Crippen LogP) is 3.47. The molecule has 24 heavy (non-hydrogen) atoms. The molecule has 4 rings (SSSR count). The summed E-state index contributed by atoms with van der Waals surface area (Å²) in [4.78, 5) is 17.6. The molecule has 0 atom stereocenters. The molecule has 2 aromatic carbocycles. The summed E-state index contributed by atoms with van der Waals surface area (Å²) >= 11 is 1.46. The Morgan fingerprint density at radius 3 is 2.83 bits per heavy atom. The van der Waals surface area contributed by atoms with Gasteiger partial charge < -0.3 is 14.8 Å². The molecule has 0 unspecified atom stereocenters. The summed E-state index contributed by atoms with van der Waals surface area (Å²) in [5.41, 5.74) is 4.09. The van der Waals surface area contributed by atoms with Crippen LogP contribution >= 0.6 is 11.3 Å². The third kappa shape index (κ3) is 2.83. The highest BCUT2D eigenvalue weighted by molar-refractivity contribution is 7.13. The Kier molecular flexibility index (Phi) is 3.88. The maximum atomic E-state index is 12.5. The first kappa shape index (κ1) is 14.7. The minimum absolute atomic E-state index is 0.187. The van der Waals surface area contributed by atoms with E-state index in [0.29, 0.717) is 18.0 Å². The molecule has 0 aliphatic carbocycles. The first-order valence-corrected chi connectivity index (χ1v) is 8.35. The van der Waals surface area contributed by atoms with E-state index in [1.165, 1.54) is 11.3 Å². The van der Waals surface area contributed by atoms with Crippen LogP contribution in [0.5, 0.6) is 11.5 Å². The number of nitrogens with one attached hydrogen (secondary N) is 1. The van der Waals surface area contributed by atoms with Gasteiger partial charge in [0.05, 0.1) is 10.4 Å². The van der Waals surface area contributed by atoms with E-state index in [9.17, 15) is 4.79 Å². The van der Waals surface area contributed by atoms with Crippen molar-refractivity contribution in [2.24, 2.45) is 0 Å². The van der Waals surface area contributed by atoms with Gasteiger partial charge in [-0.3, -0.25) is 4.79 Å². The maximum absolute atomic E-state index is 12.5. The number of carbonyl (C=O) groups excluding carboxylic acids is 1. The zero-order valence-electron chi connectivity index (χ0n) is 12.7. The van der Waals surface area contributed by atoms with E-state index in [1.54, 1.807) is 5.51 Å². The third-order valence-corrected chi connectivity index (χ3v) is 4.58. The van der Waals surface area contributed by atoms with Crippen LogP contribution in [0.15, 0.2) is 54.0 Å². The molecular formula is C18H14N2O3S. The number of rotatable bonds is 4. The molecule has 0 saturated carbocycles. The smallest absolute Gasteiger partial charge is 0.271 e. The number of nitrogens with zero attached hydrogens (tertiary/aromatic N) is 1. The topological polar surface area (TPSA) is 60.5 Å². The summed E-state index contributed by atoms with van der Waals surface area (Å²) in [5.74, 6) is 1.25. The van der Waals surface area contributed by atoms with E-state index >= 15 is 0 Å². The minimum atomic E-state index is -0.187. The standard InChI is InChI=1S/C18H14N2O3S/c21-18(16-17(24-10-20-16)13-4-2-1-3-5-13)19-9-12-6-7-14-15(8-12)23-11-22-14/h1-8,10H,9,11H2,(H,19,21). The van der Waals surface area contributed by atoms with E-state index in [-0.39, 0.29) is 12.7 Å². The van der Waals surface area contributed by atoms with Crippen LogP contribution in [0.25, 0.3) is 10.4 Å². The zero-order valence-corrected chi connectivity index (χ0v) is 13.5. The van der Waals surface area contributed by atoms with Crippen LogP contribution < -0.4 is 14.8 Å². The van der Waals surface area contributed by atoms with Gasteiger partial charge >= 0.3 is 0 Å². The molecule has 0 saturated heterocycles. The summed E-state index contributed by atoms with van der Waals surface area (Å²) < 4.78 is 10.6. The quantitative estimate of drug-likeness (QED) is 0.791. The molecule has 0 spiro atoms.